The van der Waals surface area contributed by atoms with E-state index >= 15 is 0 Å². The van der Waals surface area contributed by atoms with E-state index in [4.69, 9.17) is 22.1 Å². The van der Waals surface area contributed by atoms with Crippen molar-refractivity contribution >= 4 is 17.4 Å². The third kappa shape index (κ3) is 7.67. The largest absolute Gasteiger partial charge is 0.500 e. The first kappa shape index (κ1) is 22.2. The topological polar surface area (TPSA) is 46.2 Å². The molecule has 7 heteroatoms. The van der Waals surface area contributed by atoms with Gasteiger partial charge in [0.25, 0.3) is 0 Å². The van der Waals surface area contributed by atoms with E-state index in [0.29, 0.717) is 33.0 Å². The van der Waals surface area contributed by atoms with E-state index in [-0.39, 0.29) is 0 Å². The molecule has 0 radical (unpaired) electrons. The van der Waals surface area contributed by atoms with E-state index in [9.17, 15) is 0 Å². The molecule has 22 heavy (non-hydrogen) atoms. The summed E-state index contributed by atoms with van der Waals surface area (Å²) in [5, 5.41) is 0. The first-order chi connectivity index (χ1) is 10.6. The molecule has 0 heterocycles. The van der Waals surface area contributed by atoms with Gasteiger partial charge < -0.3 is 22.1 Å². The molecule has 0 aliphatic rings. The van der Waals surface area contributed by atoms with E-state index in [1.807, 2.05) is 34.6 Å². The molecule has 0 unspecified atom stereocenters. The Morgan fingerprint density at radius 2 is 0.909 bits per heavy atom. The van der Waals surface area contributed by atoms with Crippen molar-refractivity contribution in [2.75, 3.05) is 33.0 Å². The van der Waals surface area contributed by atoms with Crippen LogP contribution >= 0.6 is 0 Å². The van der Waals surface area contributed by atoms with Crippen LogP contribution in [0.5, 0.6) is 0 Å². The van der Waals surface area contributed by atoms with Crippen molar-refractivity contribution in [2.24, 2.45) is 0 Å². The van der Waals surface area contributed by atoms with Gasteiger partial charge in [0.1, 0.15) is 0 Å². The fraction of sp³-hybridized carbons (Fsp3) is 1.00. The number of rotatable bonds is 15. The molecule has 134 valence electrons. The summed E-state index contributed by atoms with van der Waals surface area (Å²) in [6.45, 7) is 15.4. The molecule has 0 aliphatic carbocycles. The van der Waals surface area contributed by atoms with Crippen molar-refractivity contribution in [3.63, 3.8) is 0 Å². The summed E-state index contributed by atoms with van der Waals surface area (Å²) in [7, 11) is -4.82. The summed E-state index contributed by atoms with van der Waals surface area (Å²) in [4.78, 5) is 0. The zero-order chi connectivity index (χ0) is 16.9. The Morgan fingerprint density at radius 1 is 0.500 bits per heavy atom. The van der Waals surface area contributed by atoms with Gasteiger partial charge >= 0.3 is 17.4 Å². The highest BCUT2D eigenvalue weighted by atomic mass is 28.4. The Morgan fingerprint density at radius 3 is 1.23 bits per heavy atom. The van der Waals surface area contributed by atoms with Crippen LogP contribution in [0.2, 0.25) is 18.1 Å². The second-order valence-electron chi connectivity index (χ2n) is 5.01. The number of hydrogen-bond acceptors (Lipinski definition) is 5. The summed E-state index contributed by atoms with van der Waals surface area (Å²) < 4.78 is 30.1. The Bertz CT molecular complexity index is 206. The Hall–Kier alpha value is 0.234. The summed E-state index contributed by atoms with van der Waals surface area (Å²) in [5.74, 6) is 0. The Kier molecular flexibility index (Phi) is 12.8. The minimum atomic E-state index is -2.62. The van der Waals surface area contributed by atoms with Crippen LogP contribution in [0, 0.1) is 0 Å². The molecule has 0 rings (SSSR count). The van der Waals surface area contributed by atoms with Gasteiger partial charge in [0.15, 0.2) is 0 Å². The lowest BCUT2D eigenvalue weighted by atomic mass is 10.6. The lowest BCUT2D eigenvalue weighted by Gasteiger charge is -2.34. The minimum Gasteiger partial charge on any atom is -0.394 e. The molecule has 0 aliphatic heterocycles. The molecule has 0 aromatic heterocycles. The molecular formula is C15H36O5Si2. The van der Waals surface area contributed by atoms with Gasteiger partial charge in [-0.05, 0) is 46.7 Å². The highest BCUT2D eigenvalue weighted by molar-refractivity contribution is 6.70. The molecule has 5 nitrogen and oxygen atoms in total. The molecule has 0 atom stereocenters. The van der Waals surface area contributed by atoms with Crippen LogP contribution in [0.4, 0.5) is 0 Å². The maximum Gasteiger partial charge on any atom is 0.500 e. The zero-order valence-electron chi connectivity index (χ0n) is 15.4. The molecule has 0 saturated heterocycles. The van der Waals surface area contributed by atoms with Crippen LogP contribution in [0.1, 0.15) is 48.0 Å². The lowest BCUT2D eigenvalue weighted by molar-refractivity contribution is 0.0711. The molecule has 0 saturated carbocycles. The van der Waals surface area contributed by atoms with Crippen LogP contribution in [-0.4, -0.2) is 50.4 Å². The summed E-state index contributed by atoms with van der Waals surface area (Å²) in [5.41, 5.74) is 0. The molecular weight excluding hydrogens is 316 g/mol. The highest BCUT2D eigenvalue weighted by Crippen LogP contribution is 2.28. The van der Waals surface area contributed by atoms with Crippen molar-refractivity contribution in [3.8, 4) is 0 Å². The molecule has 0 amide bonds. The van der Waals surface area contributed by atoms with Gasteiger partial charge in [0.05, 0.1) is 0 Å². The molecule has 0 aromatic rings. The van der Waals surface area contributed by atoms with Crippen molar-refractivity contribution < 1.29 is 22.1 Å². The average Bonchev–Trinajstić information content (AvgIpc) is 2.47. The van der Waals surface area contributed by atoms with Crippen LogP contribution < -0.4 is 0 Å². The average molecular weight is 353 g/mol. The van der Waals surface area contributed by atoms with Gasteiger partial charge in [-0.3, -0.25) is 0 Å². The normalized spacial score (nSPS) is 12.8. The second-order valence-corrected chi connectivity index (χ2v) is 11.1. The third-order valence-electron chi connectivity index (χ3n) is 3.35. The van der Waals surface area contributed by atoms with Gasteiger partial charge in [-0.1, -0.05) is 13.3 Å². The van der Waals surface area contributed by atoms with E-state index < -0.39 is 17.4 Å². The van der Waals surface area contributed by atoms with Crippen LogP contribution in [-0.2, 0) is 22.1 Å². The quantitative estimate of drug-likeness (QED) is 0.417. The van der Waals surface area contributed by atoms with Gasteiger partial charge in [0, 0.05) is 39.1 Å². The Balaban J connectivity index is 5.04. The molecule has 0 fully saturated rings. The fourth-order valence-corrected chi connectivity index (χ4v) is 10.2. The van der Waals surface area contributed by atoms with Crippen LogP contribution in [0.15, 0.2) is 0 Å². The van der Waals surface area contributed by atoms with E-state index in [0.717, 1.165) is 24.6 Å². The van der Waals surface area contributed by atoms with E-state index in [2.05, 4.69) is 6.92 Å². The van der Waals surface area contributed by atoms with Crippen LogP contribution in [0.3, 0.4) is 0 Å². The predicted octanol–water partition coefficient (Wildman–Crippen LogP) is 3.96. The monoisotopic (exact) mass is 352 g/mol. The van der Waals surface area contributed by atoms with Crippen molar-refractivity contribution in [1.29, 1.82) is 0 Å². The first-order valence-corrected chi connectivity index (χ1v) is 12.9. The van der Waals surface area contributed by atoms with E-state index in [1.165, 1.54) is 0 Å². The SMILES string of the molecule is CCC[Si](CC[Si](OCC)(OCC)OCC)(OCC)OCC. The van der Waals surface area contributed by atoms with Crippen molar-refractivity contribution in [2.45, 2.75) is 66.1 Å². The maximum absolute atomic E-state index is 6.11. The Labute approximate surface area is 139 Å². The van der Waals surface area contributed by atoms with Crippen molar-refractivity contribution in [3.05, 3.63) is 0 Å². The molecule has 0 aromatic carbocycles. The standard InChI is InChI=1S/C15H36O5Si2/c1-7-13-21(16-8-2,17-9-3)14-15-22(18-10-4,19-11-5)20-12-6/h7-15H2,1-6H3. The minimum absolute atomic E-state index is 0.609. The number of hydrogen-bond donors (Lipinski definition) is 0. The molecule has 0 spiro atoms. The second kappa shape index (κ2) is 12.6. The summed E-state index contributed by atoms with van der Waals surface area (Å²) in [6, 6.07) is 2.65. The predicted molar refractivity (Wildman–Crippen MR) is 94.4 cm³/mol. The van der Waals surface area contributed by atoms with Gasteiger partial charge in [-0.25, -0.2) is 0 Å². The van der Waals surface area contributed by atoms with Gasteiger partial charge in [-0.15, -0.1) is 0 Å². The van der Waals surface area contributed by atoms with Crippen LogP contribution in [0.25, 0.3) is 0 Å². The van der Waals surface area contributed by atoms with Gasteiger partial charge in [0.2, 0.25) is 0 Å². The highest BCUT2D eigenvalue weighted by Gasteiger charge is 2.46. The van der Waals surface area contributed by atoms with E-state index in [1.54, 1.807) is 0 Å². The zero-order valence-corrected chi connectivity index (χ0v) is 17.4. The van der Waals surface area contributed by atoms with Crippen molar-refractivity contribution in [1.82, 2.24) is 0 Å². The fourth-order valence-electron chi connectivity index (χ4n) is 2.71. The maximum atomic E-state index is 6.11. The molecule has 0 bridgehead atoms. The third-order valence-corrected chi connectivity index (χ3v) is 10.8. The molecule has 0 N–H and O–H groups in total. The smallest absolute Gasteiger partial charge is 0.394 e. The lowest BCUT2D eigenvalue weighted by Crippen LogP contribution is -2.50. The summed E-state index contributed by atoms with van der Waals surface area (Å²) >= 11 is 0. The summed E-state index contributed by atoms with van der Waals surface area (Å²) in [6.07, 6.45) is 1.07. The van der Waals surface area contributed by atoms with Gasteiger partial charge in [-0.2, -0.15) is 0 Å². The first-order valence-electron chi connectivity index (χ1n) is 8.77.